The van der Waals surface area contributed by atoms with Crippen molar-refractivity contribution in [2.45, 2.75) is 20.3 Å². The van der Waals surface area contributed by atoms with Crippen LogP contribution in [0.4, 0.5) is 5.69 Å². The van der Waals surface area contributed by atoms with Crippen LogP contribution in [0.2, 0.25) is 0 Å². The molecular weight excluding hydrogens is 442 g/mol. The van der Waals surface area contributed by atoms with Crippen LogP contribution < -0.4 is 4.90 Å². The van der Waals surface area contributed by atoms with E-state index in [1.807, 2.05) is 53.8 Å². The summed E-state index contributed by atoms with van der Waals surface area (Å²) in [6.45, 7) is 4.53. The summed E-state index contributed by atoms with van der Waals surface area (Å²) in [5.41, 5.74) is 5.49. The summed E-state index contributed by atoms with van der Waals surface area (Å²) in [5.74, 6) is 0.922. The van der Waals surface area contributed by atoms with E-state index in [0.717, 1.165) is 39.8 Å². The van der Waals surface area contributed by atoms with Gasteiger partial charge in [0, 0.05) is 61.7 Å². The number of hydrogen-bond acceptors (Lipinski definition) is 7. The van der Waals surface area contributed by atoms with E-state index in [9.17, 15) is 5.11 Å². The fourth-order valence-electron chi connectivity index (χ4n) is 3.83. The quantitative estimate of drug-likeness (QED) is 0.296. The minimum atomic E-state index is 0.252. The van der Waals surface area contributed by atoms with Crippen molar-refractivity contribution in [1.82, 2.24) is 8.75 Å². The summed E-state index contributed by atoms with van der Waals surface area (Å²) in [4.78, 5) is 4.64. The molecule has 5 rings (SSSR count). The van der Waals surface area contributed by atoms with Crippen molar-refractivity contribution in [2.24, 2.45) is 5.92 Å². The first-order chi connectivity index (χ1) is 14.9. The van der Waals surface area contributed by atoms with E-state index in [4.69, 9.17) is 0 Å². The molecule has 31 heavy (non-hydrogen) atoms. The van der Waals surface area contributed by atoms with Crippen LogP contribution >= 0.6 is 34.4 Å². The maximum atomic E-state index is 10.7. The molecule has 1 N–H and O–H groups in total. The Labute approximate surface area is 193 Å². The van der Waals surface area contributed by atoms with E-state index in [1.165, 1.54) is 30.9 Å². The molecule has 3 aromatic heterocycles. The summed E-state index contributed by atoms with van der Waals surface area (Å²) in [6, 6.07) is 14.5. The highest BCUT2D eigenvalue weighted by molar-refractivity contribution is 7.29. The second-order valence-corrected chi connectivity index (χ2v) is 11.1. The molecule has 5 aromatic rings. The monoisotopic (exact) mass is 465 g/mol. The number of benzene rings is 2. The summed E-state index contributed by atoms with van der Waals surface area (Å²) in [5, 5.41) is 10.7. The first-order valence-electron chi connectivity index (χ1n) is 10.2. The van der Waals surface area contributed by atoms with Crippen LogP contribution in [0.5, 0.6) is 5.75 Å². The number of phenolic OH excluding ortho intramolecular Hbond substituents is 1. The zero-order valence-electron chi connectivity index (χ0n) is 17.8. The van der Waals surface area contributed by atoms with Crippen molar-refractivity contribution in [3.05, 3.63) is 47.3 Å². The molecule has 7 heteroatoms. The molecule has 0 fully saturated rings. The van der Waals surface area contributed by atoms with Crippen LogP contribution in [0.15, 0.2) is 42.5 Å². The fourth-order valence-corrected chi connectivity index (χ4v) is 7.06. The molecule has 0 amide bonds. The highest BCUT2D eigenvalue weighted by atomic mass is 32.1. The fraction of sp³-hybridized carbons (Fsp3) is 0.250. The standard InChI is InChI=1S/C24H23N3OS3/c1-13(2)9-15-11-21-22(29-15)12-20(30-21)18-8-7-17(23-24(18)26-31-25-23)16-6-5-14(27(3)4)10-19(16)28/h5-8,10-13,28H,9H2,1-4H3. The molecule has 0 saturated heterocycles. The van der Waals surface area contributed by atoms with E-state index in [2.05, 4.69) is 46.9 Å². The lowest BCUT2D eigenvalue weighted by atomic mass is 9.99. The smallest absolute Gasteiger partial charge is 0.125 e. The predicted octanol–water partition coefficient (Wildman–Crippen LogP) is 7.27. The Morgan fingerprint density at radius 3 is 2.23 bits per heavy atom. The Bertz CT molecular complexity index is 1360. The first-order valence-corrected chi connectivity index (χ1v) is 12.6. The van der Waals surface area contributed by atoms with E-state index < -0.39 is 0 Å². The molecular formula is C24H23N3OS3. The van der Waals surface area contributed by atoms with Gasteiger partial charge in [-0.25, -0.2) is 0 Å². The molecule has 158 valence electrons. The number of anilines is 1. The van der Waals surface area contributed by atoms with Crippen LogP contribution in [0.25, 0.3) is 42.0 Å². The number of thiophene rings is 2. The number of nitrogens with zero attached hydrogens (tertiary/aromatic N) is 3. The van der Waals surface area contributed by atoms with Crippen molar-refractivity contribution in [3.63, 3.8) is 0 Å². The Kier molecular flexibility index (Phi) is 5.20. The molecule has 3 heterocycles. The average molecular weight is 466 g/mol. The van der Waals surface area contributed by atoms with Gasteiger partial charge in [-0.3, -0.25) is 0 Å². The minimum absolute atomic E-state index is 0.252. The van der Waals surface area contributed by atoms with Crippen LogP contribution in [-0.4, -0.2) is 27.9 Å². The molecule has 0 aliphatic carbocycles. The molecule has 0 unspecified atom stereocenters. The predicted molar refractivity (Wildman–Crippen MR) is 136 cm³/mol. The second-order valence-electron chi connectivity index (χ2n) is 8.37. The van der Waals surface area contributed by atoms with E-state index >= 15 is 0 Å². The number of phenols is 1. The number of rotatable bonds is 5. The van der Waals surface area contributed by atoms with Crippen molar-refractivity contribution in [3.8, 4) is 27.3 Å². The largest absolute Gasteiger partial charge is 0.507 e. The number of aromatic nitrogens is 2. The zero-order chi connectivity index (χ0) is 21.7. The Morgan fingerprint density at radius 2 is 1.55 bits per heavy atom. The van der Waals surface area contributed by atoms with Crippen LogP contribution in [0, 0.1) is 5.92 Å². The number of fused-ring (bicyclic) bond motifs is 2. The third kappa shape index (κ3) is 3.71. The van der Waals surface area contributed by atoms with Gasteiger partial charge in [-0.2, -0.15) is 8.75 Å². The maximum Gasteiger partial charge on any atom is 0.125 e. The van der Waals surface area contributed by atoms with Gasteiger partial charge in [0.2, 0.25) is 0 Å². The van der Waals surface area contributed by atoms with Crippen molar-refractivity contribution in [1.29, 1.82) is 0 Å². The normalized spacial score (nSPS) is 11.8. The molecule has 0 aliphatic rings. The van der Waals surface area contributed by atoms with Crippen molar-refractivity contribution >= 4 is 60.5 Å². The van der Waals surface area contributed by atoms with E-state index in [-0.39, 0.29) is 5.75 Å². The zero-order valence-corrected chi connectivity index (χ0v) is 20.3. The first kappa shape index (κ1) is 20.4. The molecule has 2 aromatic carbocycles. The third-order valence-electron chi connectivity index (χ3n) is 5.34. The third-order valence-corrected chi connectivity index (χ3v) is 8.21. The topological polar surface area (TPSA) is 49.2 Å². The van der Waals surface area contributed by atoms with Gasteiger partial charge in [-0.15, -0.1) is 22.7 Å². The summed E-state index contributed by atoms with van der Waals surface area (Å²) < 4.78 is 11.9. The summed E-state index contributed by atoms with van der Waals surface area (Å²) in [6.07, 6.45) is 1.13. The molecule has 0 atom stereocenters. The molecule has 0 spiro atoms. The Hall–Kier alpha value is -2.48. The lowest BCUT2D eigenvalue weighted by molar-refractivity contribution is 0.477. The van der Waals surface area contributed by atoms with Crippen molar-refractivity contribution < 1.29 is 5.11 Å². The van der Waals surface area contributed by atoms with Crippen LogP contribution in [0.3, 0.4) is 0 Å². The van der Waals surface area contributed by atoms with Gasteiger partial charge in [0.25, 0.3) is 0 Å². The lowest BCUT2D eigenvalue weighted by Crippen LogP contribution is -2.08. The Morgan fingerprint density at radius 1 is 0.871 bits per heavy atom. The summed E-state index contributed by atoms with van der Waals surface area (Å²) >= 11 is 4.93. The van der Waals surface area contributed by atoms with Crippen LogP contribution in [0.1, 0.15) is 18.7 Å². The molecule has 4 nitrogen and oxygen atoms in total. The van der Waals surface area contributed by atoms with Gasteiger partial charge in [0.1, 0.15) is 16.8 Å². The van der Waals surface area contributed by atoms with E-state index in [1.54, 1.807) is 6.07 Å². The SMILES string of the molecule is CC(C)Cc1cc2sc(-c3ccc(-c4ccc(N(C)C)cc4O)c4nsnc34)cc2s1. The maximum absolute atomic E-state index is 10.7. The van der Waals surface area contributed by atoms with Gasteiger partial charge in [-0.1, -0.05) is 26.0 Å². The van der Waals surface area contributed by atoms with Gasteiger partial charge in [-0.05, 0) is 36.6 Å². The van der Waals surface area contributed by atoms with Crippen molar-refractivity contribution in [2.75, 3.05) is 19.0 Å². The Balaban J connectivity index is 1.58. The molecule has 0 radical (unpaired) electrons. The van der Waals surface area contributed by atoms with Gasteiger partial charge in [0.05, 0.1) is 11.7 Å². The second kappa shape index (κ2) is 7.89. The summed E-state index contributed by atoms with van der Waals surface area (Å²) in [7, 11) is 3.92. The highest BCUT2D eigenvalue weighted by Crippen LogP contribution is 2.43. The number of hydrogen-bond donors (Lipinski definition) is 1. The molecule has 0 bridgehead atoms. The number of aromatic hydroxyl groups is 1. The molecule has 0 aliphatic heterocycles. The molecule has 0 saturated carbocycles. The van der Waals surface area contributed by atoms with Gasteiger partial charge in [0.15, 0.2) is 0 Å². The highest BCUT2D eigenvalue weighted by Gasteiger charge is 2.18. The minimum Gasteiger partial charge on any atom is -0.507 e. The lowest BCUT2D eigenvalue weighted by Gasteiger charge is -2.14. The van der Waals surface area contributed by atoms with Crippen LogP contribution in [-0.2, 0) is 6.42 Å². The average Bonchev–Trinajstić information content (AvgIpc) is 3.41. The van der Waals surface area contributed by atoms with E-state index in [0.29, 0.717) is 5.92 Å². The van der Waals surface area contributed by atoms with Gasteiger partial charge >= 0.3 is 0 Å². The van der Waals surface area contributed by atoms with Gasteiger partial charge < -0.3 is 10.0 Å².